The van der Waals surface area contributed by atoms with Gasteiger partial charge in [0.1, 0.15) is 17.3 Å². The van der Waals surface area contributed by atoms with Gasteiger partial charge in [-0.3, -0.25) is 9.59 Å². The number of amides is 2. The molecule has 0 aliphatic carbocycles. The van der Waals surface area contributed by atoms with Gasteiger partial charge in [0.05, 0.1) is 24.1 Å². The highest BCUT2D eigenvalue weighted by Gasteiger charge is 2.41. The molecule has 0 bridgehead atoms. The van der Waals surface area contributed by atoms with Crippen LogP contribution in [0.2, 0.25) is 0 Å². The van der Waals surface area contributed by atoms with Crippen LogP contribution in [0.4, 0.5) is 15.8 Å². The quantitative estimate of drug-likeness (QED) is 0.627. The lowest BCUT2D eigenvalue weighted by molar-refractivity contribution is -0.120. The van der Waals surface area contributed by atoms with Crippen LogP contribution in [0.5, 0.6) is 5.75 Å². The molecule has 29 heavy (non-hydrogen) atoms. The molecule has 1 N–H and O–H groups in total. The summed E-state index contributed by atoms with van der Waals surface area (Å²) in [6.07, 6.45) is 0. The van der Waals surface area contributed by atoms with Crippen molar-refractivity contribution in [2.24, 2.45) is 0 Å². The first-order valence-electron chi connectivity index (χ1n) is 8.84. The standard InChI is InChI=1S/C22H17FN2O3S/c1-13-9-10-17(28-2)15(12-13)24-20-19(18-8-5-11-29-18)21(26)25(22(20)27)16-7-4-3-6-14(16)23/h3-12,24H,1-2H3. The van der Waals surface area contributed by atoms with E-state index in [1.54, 1.807) is 24.3 Å². The average Bonchev–Trinajstić information content (AvgIpc) is 3.30. The lowest BCUT2D eigenvalue weighted by Gasteiger charge is -2.16. The van der Waals surface area contributed by atoms with Gasteiger partial charge >= 0.3 is 0 Å². The molecule has 3 aromatic rings. The average molecular weight is 408 g/mol. The van der Waals surface area contributed by atoms with Crippen molar-refractivity contribution < 1.29 is 18.7 Å². The molecule has 1 aromatic heterocycles. The summed E-state index contributed by atoms with van der Waals surface area (Å²) in [5.41, 5.74) is 1.72. The third kappa shape index (κ3) is 3.30. The van der Waals surface area contributed by atoms with Gasteiger partial charge in [-0.25, -0.2) is 9.29 Å². The molecule has 2 amide bonds. The summed E-state index contributed by atoms with van der Waals surface area (Å²) in [4.78, 5) is 27.9. The first-order chi connectivity index (χ1) is 14.0. The van der Waals surface area contributed by atoms with Crippen LogP contribution in [0, 0.1) is 12.7 Å². The predicted octanol–water partition coefficient (Wildman–Crippen LogP) is 4.60. The van der Waals surface area contributed by atoms with Crippen LogP contribution in [0.1, 0.15) is 10.4 Å². The summed E-state index contributed by atoms with van der Waals surface area (Å²) >= 11 is 1.33. The summed E-state index contributed by atoms with van der Waals surface area (Å²) in [6, 6.07) is 14.7. The van der Waals surface area contributed by atoms with E-state index >= 15 is 0 Å². The molecule has 0 fully saturated rings. The molecule has 0 atom stereocenters. The minimum atomic E-state index is -0.644. The number of hydrogen-bond donors (Lipinski definition) is 1. The Morgan fingerprint density at radius 3 is 2.52 bits per heavy atom. The smallest absolute Gasteiger partial charge is 0.282 e. The van der Waals surface area contributed by atoms with Crippen LogP contribution >= 0.6 is 11.3 Å². The first kappa shape index (κ1) is 18.9. The minimum Gasteiger partial charge on any atom is -0.495 e. The van der Waals surface area contributed by atoms with Gasteiger partial charge in [-0.1, -0.05) is 24.3 Å². The number of ether oxygens (including phenoxy) is 1. The highest BCUT2D eigenvalue weighted by atomic mass is 32.1. The zero-order valence-corrected chi connectivity index (χ0v) is 16.5. The molecule has 4 rings (SSSR count). The molecule has 5 nitrogen and oxygen atoms in total. The van der Waals surface area contributed by atoms with Gasteiger partial charge in [-0.05, 0) is 48.2 Å². The maximum Gasteiger partial charge on any atom is 0.282 e. The first-order valence-corrected chi connectivity index (χ1v) is 9.72. The number of halogens is 1. The SMILES string of the molecule is COc1ccc(C)cc1NC1=C(c2cccs2)C(=O)N(c2ccccc2F)C1=O. The number of para-hydroxylation sites is 1. The molecule has 1 aliphatic rings. The Balaban J connectivity index is 1.85. The summed E-state index contributed by atoms with van der Waals surface area (Å²) in [7, 11) is 1.53. The van der Waals surface area contributed by atoms with E-state index < -0.39 is 17.6 Å². The number of benzene rings is 2. The Labute approximate surface area is 171 Å². The number of methoxy groups -OCH3 is 1. The van der Waals surface area contributed by atoms with Crippen molar-refractivity contribution >= 4 is 40.1 Å². The Kier molecular flexibility index (Phi) is 4.90. The normalized spacial score (nSPS) is 14.0. The molecule has 146 valence electrons. The van der Waals surface area contributed by atoms with Crippen LogP contribution < -0.4 is 15.0 Å². The maximum absolute atomic E-state index is 14.4. The number of anilines is 2. The number of hydrogen-bond acceptors (Lipinski definition) is 5. The topological polar surface area (TPSA) is 58.6 Å². The van der Waals surface area contributed by atoms with Gasteiger partial charge in [0.25, 0.3) is 11.8 Å². The summed E-state index contributed by atoms with van der Waals surface area (Å²) in [6.45, 7) is 1.91. The molecule has 7 heteroatoms. The highest BCUT2D eigenvalue weighted by Crippen LogP contribution is 2.37. The van der Waals surface area contributed by atoms with Crippen LogP contribution in [0.25, 0.3) is 5.57 Å². The van der Waals surface area contributed by atoms with Gasteiger partial charge in [0.2, 0.25) is 0 Å². The van der Waals surface area contributed by atoms with Gasteiger partial charge in [0, 0.05) is 4.88 Å². The van der Waals surface area contributed by atoms with Crippen molar-refractivity contribution in [1.82, 2.24) is 0 Å². The zero-order valence-electron chi connectivity index (χ0n) is 15.7. The molecular weight excluding hydrogens is 391 g/mol. The molecule has 0 saturated carbocycles. The number of carbonyl (C=O) groups excluding carboxylic acids is 2. The van der Waals surface area contributed by atoms with Gasteiger partial charge < -0.3 is 10.1 Å². The van der Waals surface area contributed by atoms with E-state index in [9.17, 15) is 14.0 Å². The van der Waals surface area contributed by atoms with Crippen LogP contribution in [0.3, 0.4) is 0 Å². The second-order valence-corrected chi connectivity index (χ2v) is 7.40. The lowest BCUT2D eigenvalue weighted by Crippen LogP contribution is -2.33. The van der Waals surface area contributed by atoms with Crippen LogP contribution in [0.15, 0.2) is 65.7 Å². The van der Waals surface area contributed by atoms with E-state index in [4.69, 9.17) is 4.74 Å². The number of nitrogens with one attached hydrogen (secondary N) is 1. The Morgan fingerprint density at radius 1 is 1.03 bits per heavy atom. The number of aryl methyl sites for hydroxylation is 1. The molecule has 0 saturated heterocycles. The molecule has 0 spiro atoms. The van der Waals surface area contributed by atoms with Crippen molar-refractivity contribution in [1.29, 1.82) is 0 Å². The molecule has 2 aromatic carbocycles. The summed E-state index contributed by atoms with van der Waals surface area (Å²) in [5.74, 6) is -1.31. The molecule has 1 aliphatic heterocycles. The number of rotatable bonds is 5. The predicted molar refractivity (Wildman–Crippen MR) is 111 cm³/mol. The van der Waals surface area contributed by atoms with Gasteiger partial charge in [-0.15, -0.1) is 11.3 Å². The van der Waals surface area contributed by atoms with E-state index in [0.717, 1.165) is 10.5 Å². The van der Waals surface area contributed by atoms with Crippen LogP contribution in [-0.2, 0) is 9.59 Å². The van der Waals surface area contributed by atoms with Crippen molar-refractivity contribution in [3.63, 3.8) is 0 Å². The Bertz CT molecular complexity index is 1140. The van der Waals surface area contributed by atoms with Crippen molar-refractivity contribution in [2.75, 3.05) is 17.3 Å². The maximum atomic E-state index is 14.4. The number of carbonyl (C=O) groups is 2. The second kappa shape index (κ2) is 7.52. The van der Waals surface area contributed by atoms with Crippen molar-refractivity contribution in [3.8, 4) is 5.75 Å². The highest BCUT2D eigenvalue weighted by molar-refractivity contribution is 7.11. The minimum absolute atomic E-state index is 0.0791. The van der Waals surface area contributed by atoms with E-state index in [2.05, 4.69) is 5.32 Å². The largest absolute Gasteiger partial charge is 0.495 e. The van der Waals surface area contributed by atoms with E-state index in [-0.39, 0.29) is 17.0 Å². The third-order valence-electron chi connectivity index (χ3n) is 4.56. The van der Waals surface area contributed by atoms with Gasteiger partial charge in [-0.2, -0.15) is 0 Å². The molecule has 2 heterocycles. The summed E-state index contributed by atoms with van der Waals surface area (Å²) < 4.78 is 19.8. The van der Waals surface area contributed by atoms with E-state index in [1.165, 1.54) is 36.6 Å². The fourth-order valence-electron chi connectivity index (χ4n) is 3.20. The number of thiophene rings is 1. The van der Waals surface area contributed by atoms with Gasteiger partial charge in [0.15, 0.2) is 0 Å². The number of imide groups is 1. The molecule has 0 unspecified atom stereocenters. The monoisotopic (exact) mass is 408 g/mol. The molecular formula is C22H17FN2O3S. The zero-order chi connectivity index (χ0) is 20.5. The molecule has 0 radical (unpaired) electrons. The van der Waals surface area contributed by atoms with E-state index in [0.29, 0.717) is 16.3 Å². The van der Waals surface area contributed by atoms with E-state index in [1.807, 2.05) is 24.4 Å². The summed E-state index contributed by atoms with van der Waals surface area (Å²) in [5, 5.41) is 4.88. The Morgan fingerprint density at radius 2 is 1.83 bits per heavy atom. The Hall–Kier alpha value is -3.45. The fourth-order valence-corrected chi connectivity index (χ4v) is 3.97. The second-order valence-electron chi connectivity index (χ2n) is 6.45. The number of nitrogens with zero attached hydrogens (tertiary/aromatic N) is 1. The van der Waals surface area contributed by atoms with Crippen molar-refractivity contribution in [3.05, 3.63) is 81.9 Å². The third-order valence-corrected chi connectivity index (χ3v) is 5.45. The van der Waals surface area contributed by atoms with Crippen molar-refractivity contribution in [2.45, 2.75) is 6.92 Å². The van der Waals surface area contributed by atoms with Crippen LogP contribution in [-0.4, -0.2) is 18.9 Å². The fraction of sp³-hybridized carbons (Fsp3) is 0.0909. The lowest BCUT2D eigenvalue weighted by atomic mass is 10.1.